The highest BCUT2D eigenvalue weighted by Gasteiger charge is 2.36. The highest BCUT2D eigenvalue weighted by molar-refractivity contribution is 6.35. The number of aliphatic hydroxyl groups is 1. The molecule has 3 N–H and O–H groups in total. The second kappa shape index (κ2) is 10.8. The summed E-state index contributed by atoms with van der Waals surface area (Å²) >= 11 is 12.3. The third-order valence-electron chi connectivity index (χ3n) is 4.73. The van der Waals surface area contributed by atoms with Gasteiger partial charge >= 0.3 is 5.97 Å². The van der Waals surface area contributed by atoms with Gasteiger partial charge in [-0.2, -0.15) is 0 Å². The van der Waals surface area contributed by atoms with Crippen LogP contribution >= 0.6 is 23.2 Å². The summed E-state index contributed by atoms with van der Waals surface area (Å²) < 4.78 is 15.9. The number of aliphatic carboxylic acids is 1. The molecule has 31 heavy (non-hydrogen) atoms. The summed E-state index contributed by atoms with van der Waals surface area (Å²) in [6, 6.07) is 10.8. The molecular formula is C21H21Cl2NO7. The largest absolute Gasteiger partial charge is 0.489 e. The lowest BCUT2D eigenvalue weighted by Gasteiger charge is -2.19. The first-order chi connectivity index (χ1) is 14.9. The van der Waals surface area contributed by atoms with E-state index in [0.717, 1.165) is 0 Å². The molecule has 3 rings (SSSR count). The molecule has 2 aromatic carbocycles. The number of carbonyl (C=O) groups is 2. The molecule has 0 spiro atoms. The lowest BCUT2D eigenvalue weighted by Crippen LogP contribution is -2.49. The zero-order valence-electron chi connectivity index (χ0n) is 16.3. The van der Waals surface area contributed by atoms with Crippen LogP contribution in [-0.2, 0) is 32.1 Å². The van der Waals surface area contributed by atoms with E-state index in [1.54, 1.807) is 42.5 Å². The molecule has 0 bridgehead atoms. The first-order valence-corrected chi connectivity index (χ1v) is 10.2. The monoisotopic (exact) mass is 469 g/mol. The third kappa shape index (κ3) is 6.09. The molecule has 0 saturated carbocycles. The number of carbonyl (C=O) groups excluding carboxylic acids is 1. The number of nitrogens with one attached hydrogen (secondary N) is 1. The van der Waals surface area contributed by atoms with Gasteiger partial charge in [0.1, 0.15) is 31.3 Å². The SMILES string of the molecule is O=C(O)[C@H](Cc1ccc(OCc2c(Cl)cccc2Cl)cc1)NC(=O)[C@@H]1OCO[C@H]1CO. The molecule has 1 fully saturated rings. The van der Waals surface area contributed by atoms with Gasteiger partial charge in [0, 0.05) is 22.0 Å². The molecule has 1 saturated heterocycles. The Bertz CT molecular complexity index is 902. The second-order valence-electron chi connectivity index (χ2n) is 6.83. The number of carboxylic acids is 1. The van der Waals surface area contributed by atoms with Gasteiger partial charge in [-0.15, -0.1) is 0 Å². The van der Waals surface area contributed by atoms with E-state index in [1.807, 2.05) is 0 Å². The number of hydrogen-bond acceptors (Lipinski definition) is 6. The van der Waals surface area contributed by atoms with Crippen LogP contribution in [0.15, 0.2) is 42.5 Å². The fourth-order valence-corrected chi connectivity index (χ4v) is 3.53. The average molecular weight is 470 g/mol. The van der Waals surface area contributed by atoms with Gasteiger partial charge < -0.3 is 29.7 Å². The summed E-state index contributed by atoms with van der Waals surface area (Å²) in [7, 11) is 0. The van der Waals surface area contributed by atoms with Crippen molar-refractivity contribution in [2.75, 3.05) is 13.4 Å². The molecule has 10 heteroatoms. The molecule has 0 radical (unpaired) electrons. The number of carboxylic acid groups (broad SMARTS) is 1. The van der Waals surface area contributed by atoms with E-state index in [9.17, 15) is 19.8 Å². The first-order valence-electron chi connectivity index (χ1n) is 9.41. The van der Waals surface area contributed by atoms with Crippen LogP contribution in [0.4, 0.5) is 0 Å². The van der Waals surface area contributed by atoms with Crippen molar-refractivity contribution in [3.8, 4) is 5.75 Å². The van der Waals surface area contributed by atoms with E-state index in [0.29, 0.717) is 26.9 Å². The summed E-state index contributed by atoms with van der Waals surface area (Å²) in [4.78, 5) is 23.9. The average Bonchev–Trinajstić information content (AvgIpc) is 3.23. The minimum absolute atomic E-state index is 0.0507. The standard InChI is InChI=1S/C21H21Cl2NO7/c22-15-2-1-3-16(23)14(15)10-29-13-6-4-12(5-7-13)8-17(21(27)28)24-20(26)19-18(9-25)30-11-31-19/h1-7,17-19,25H,8-11H2,(H,24,26)(H,27,28)/t17-,18-,19+/m0/s1. The van der Waals surface area contributed by atoms with Crippen LogP contribution < -0.4 is 10.1 Å². The third-order valence-corrected chi connectivity index (χ3v) is 5.44. The van der Waals surface area contributed by atoms with E-state index in [1.165, 1.54) is 0 Å². The van der Waals surface area contributed by atoms with Crippen LogP contribution in [0, 0.1) is 0 Å². The van der Waals surface area contributed by atoms with Crippen LogP contribution in [0.2, 0.25) is 10.0 Å². The predicted molar refractivity (Wildman–Crippen MR) is 112 cm³/mol. The van der Waals surface area contributed by atoms with Crippen LogP contribution in [-0.4, -0.2) is 53.7 Å². The van der Waals surface area contributed by atoms with Crippen molar-refractivity contribution in [1.29, 1.82) is 0 Å². The minimum Gasteiger partial charge on any atom is -0.489 e. The Labute approximate surface area is 188 Å². The predicted octanol–water partition coefficient (Wildman–Crippen LogP) is 2.42. The fourth-order valence-electron chi connectivity index (χ4n) is 3.02. The molecule has 8 nitrogen and oxygen atoms in total. The van der Waals surface area contributed by atoms with E-state index in [-0.39, 0.29) is 19.8 Å². The van der Waals surface area contributed by atoms with Crippen molar-refractivity contribution in [1.82, 2.24) is 5.32 Å². The van der Waals surface area contributed by atoms with Crippen LogP contribution in [0.3, 0.4) is 0 Å². The summed E-state index contributed by atoms with van der Waals surface area (Å²) in [6.45, 7) is -0.361. The maximum absolute atomic E-state index is 12.3. The number of rotatable bonds is 9. The van der Waals surface area contributed by atoms with Crippen molar-refractivity contribution in [3.63, 3.8) is 0 Å². The zero-order chi connectivity index (χ0) is 22.4. The Balaban J connectivity index is 1.59. The summed E-state index contributed by atoms with van der Waals surface area (Å²) in [5, 5.41) is 22.1. The molecule has 1 heterocycles. The van der Waals surface area contributed by atoms with Crippen molar-refractivity contribution >= 4 is 35.1 Å². The van der Waals surface area contributed by atoms with Crippen molar-refractivity contribution in [2.45, 2.75) is 31.3 Å². The quantitative estimate of drug-likeness (QED) is 0.516. The van der Waals surface area contributed by atoms with E-state index >= 15 is 0 Å². The Morgan fingerprint density at radius 2 is 1.81 bits per heavy atom. The highest BCUT2D eigenvalue weighted by atomic mass is 35.5. The second-order valence-corrected chi connectivity index (χ2v) is 7.64. The Morgan fingerprint density at radius 3 is 2.42 bits per heavy atom. The summed E-state index contributed by atoms with van der Waals surface area (Å²) in [5.41, 5.74) is 1.35. The van der Waals surface area contributed by atoms with Crippen LogP contribution in [0.5, 0.6) is 5.75 Å². The van der Waals surface area contributed by atoms with Gasteiger partial charge in [0.15, 0.2) is 6.10 Å². The number of aliphatic hydroxyl groups excluding tert-OH is 1. The Hall–Kier alpha value is -2.36. The lowest BCUT2D eigenvalue weighted by atomic mass is 10.0. The summed E-state index contributed by atoms with van der Waals surface area (Å²) in [6.07, 6.45) is -1.83. The van der Waals surface area contributed by atoms with Crippen LogP contribution in [0.1, 0.15) is 11.1 Å². The van der Waals surface area contributed by atoms with Gasteiger partial charge in [-0.3, -0.25) is 4.79 Å². The maximum atomic E-state index is 12.3. The number of benzene rings is 2. The molecule has 0 aromatic heterocycles. The van der Waals surface area contributed by atoms with Crippen molar-refractivity contribution in [3.05, 3.63) is 63.6 Å². The number of ether oxygens (including phenoxy) is 3. The van der Waals surface area contributed by atoms with E-state index in [4.69, 9.17) is 37.4 Å². The van der Waals surface area contributed by atoms with Gasteiger partial charge in [-0.1, -0.05) is 41.4 Å². The summed E-state index contributed by atoms with van der Waals surface area (Å²) in [5.74, 6) is -1.29. The zero-order valence-corrected chi connectivity index (χ0v) is 17.8. The first kappa shape index (κ1) is 23.3. The molecule has 2 aromatic rings. The smallest absolute Gasteiger partial charge is 0.326 e. The highest BCUT2D eigenvalue weighted by Crippen LogP contribution is 2.26. The van der Waals surface area contributed by atoms with Crippen molar-refractivity contribution in [2.24, 2.45) is 0 Å². The molecule has 3 atom stereocenters. The molecule has 0 unspecified atom stereocenters. The molecule has 0 aliphatic carbocycles. The maximum Gasteiger partial charge on any atom is 0.326 e. The molecule has 166 valence electrons. The Morgan fingerprint density at radius 1 is 1.13 bits per heavy atom. The van der Waals surface area contributed by atoms with Gasteiger partial charge in [0.05, 0.1) is 6.61 Å². The number of amides is 1. The molecule has 1 aliphatic heterocycles. The lowest BCUT2D eigenvalue weighted by molar-refractivity contribution is -0.143. The fraction of sp³-hybridized carbons (Fsp3) is 0.333. The Kier molecular flexibility index (Phi) is 8.11. The molecule has 1 amide bonds. The van der Waals surface area contributed by atoms with Crippen molar-refractivity contribution < 1.29 is 34.0 Å². The van der Waals surface area contributed by atoms with Gasteiger partial charge in [0.25, 0.3) is 5.91 Å². The van der Waals surface area contributed by atoms with Gasteiger partial charge in [-0.25, -0.2) is 4.79 Å². The van der Waals surface area contributed by atoms with Crippen LogP contribution in [0.25, 0.3) is 0 Å². The minimum atomic E-state index is -1.19. The molecular weight excluding hydrogens is 449 g/mol. The van der Waals surface area contributed by atoms with E-state index in [2.05, 4.69) is 5.32 Å². The topological polar surface area (TPSA) is 114 Å². The van der Waals surface area contributed by atoms with E-state index < -0.39 is 36.7 Å². The molecule has 1 aliphatic rings. The number of halogens is 2. The normalized spacial score (nSPS) is 19.1. The van der Waals surface area contributed by atoms with Gasteiger partial charge in [-0.05, 0) is 29.8 Å². The number of hydrogen-bond donors (Lipinski definition) is 3. The van der Waals surface area contributed by atoms with Gasteiger partial charge in [0.2, 0.25) is 0 Å².